The average molecular weight is 330 g/mol. The highest BCUT2D eigenvalue weighted by Crippen LogP contribution is 2.30. The molecule has 2 aliphatic rings. The summed E-state index contributed by atoms with van der Waals surface area (Å²) in [6.07, 6.45) is 0.373. The molecular weight excluding hydrogens is 312 g/mol. The van der Waals surface area contributed by atoms with Gasteiger partial charge in [0.2, 0.25) is 11.8 Å². The summed E-state index contributed by atoms with van der Waals surface area (Å²) in [5.74, 6) is -1.53. The summed E-state index contributed by atoms with van der Waals surface area (Å²) in [6, 6.07) is 5.67. The smallest absolute Gasteiger partial charge is 0.262 e. The van der Waals surface area contributed by atoms with Gasteiger partial charge in [0, 0.05) is 6.42 Å². The first-order chi connectivity index (χ1) is 10.7. The second-order valence-corrected chi connectivity index (χ2v) is 11.6. The molecule has 1 saturated heterocycles. The number of nitrogens with zero attached hydrogens (tertiary/aromatic N) is 2. The number of hydrogen-bond donors (Lipinski definition) is 0. The summed E-state index contributed by atoms with van der Waals surface area (Å²) in [5.41, 5.74) is 0.642. The second-order valence-electron chi connectivity index (χ2n) is 6.82. The zero-order chi connectivity index (χ0) is 16.9. The molecule has 0 aliphatic carbocycles. The van der Waals surface area contributed by atoms with Crippen molar-refractivity contribution in [3.05, 3.63) is 35.4 Å². The predicted molar refractivity (Wildman–Crippen MR) is 85.2 cm³/mol. The first-order valence-electron chi connectivity index (χ1n) is 7.57. The Morgan fingerprint density at radius 1 is 0.957 bits per heavy atom. The van der Waals surface area contributed by atoms with E-state index in [0.717, 1.165) is 4.90 Å². The van der Waals surface area contributed by atoms with E-state index in [0.29, 0.717) is 11.1 Å². The molecule has 0 bridgehead atoms. The van der Waals surface area contributed by atoms with Crippen LogP contribution in [0.4, 0.5) is 0 Å². The van der Waals surface area contributed by atoms with Crippen LogP contribution in [-0.4, -0.2) is 47.4 Å². The second kappa shape index (κ2) is 5.12. The fourth-order valence-electron chi connectivity index (χ4n) is 3.20. The Balaban J connectivity index is 1.97. The third-order valence-electron chi connectivity index (χ3n) is 4.19. The van der Waals surface area contributed by atoms with E-state index in [1.54, 1.807) is 24.3 Å². The molecule has 0 N–H and O–H groups in total. The number of rotatable bonds is 2. The zero-order valence-electron chi connectivity index (χ0n) is 13.3. The molecule has 120 valence electrons. The van der Waals surface area contributed by atoms with Gasteiger partial charge in [-0.3, -0.25) is 24.1 Å². The van der Waals surface area contributed by atoms with Crippen LogP contribution in [0, 0.1) is 0 Å². The molecule has 1 fully saturated rings. The summed E-state index contributed by atoms with van der Waals surface area (Å²) >= 11 is 0. The van der Waals surface area contributed by atoms with Gasteiger partial charge < -0.3 is 4.57 Å². The molecule has 1 aromatic rings. The van der Waals surface area contributed by atoms with E-state index in [1.165, 1.54) is 4.57 Å². The maximum Gasteiger partial charge on any atom is 0.262 e. The lowest BCUT2D eigenvalue weighted by molar-refractivity contribution is -0.145. The molecule has 0 aromatic heterocycles. The van der Waals surface area contributed by atoms with E-state index < -0.39 is 32.0 Å². The van der Waals surface area contributed by atoms with Crippen LogP contribution in [0.3, 0.4) is 0 Å². The van der Waals surface area contributed by atoms with Crippen LogP contribution in [0.1, 0.15) is 33.6 Å². The highest BCUT2D eigenvalue weighted by atomic mass is 28.3. The fraction of sp³-hybridized carbons (Fsp3) is 0.375. The first kappa shape index (κ1) is 15.6. The Morgan fingerprint density at radius 3 is 1.96 bits per heavy atom. The molecule has 2 aliphatic heterocycles. The largest absolute Gasteiger partial charge is 0.310 e. The van der Waals surface area contributed by atoms with Gasteiger partial charge >= 0.3 is 0 Å². The van der Waals surface area contributed by atoms with Crippen molar-refractivity contribution in [3.8, 4) is 0 Å². The predicted octanol–water partition coefficient (Wildman–Crippen LogP) is 1.64. The maximum absolute atomic E-state index is 12.8. The Bertz CT molecular complexity index is 703. The van der Waals surface area contributed by atoms with Crippen molar-refractivity contribution >= 4 is 31.9 Å². The van der Waals surface area contributed by atoms with Crippen molar-refractivity contribution in [3.63, 3.8) is 0 Å². The third kappa shape index (κ3) is 2.31. The number of amides is 4. The van der Waals surface area contributed by atoms with Crippen molar-refractivity contribution in [2.24, 2.45) is 0 Å². The summed E-state index contributed by atoms with van der Waals surface area (Å²) in [4.78, 5) is 51.1. The van der Waals surface area contributed by atoms with Crippen molar-refractivity contribution in [2.75, 3.05) is 0 Å². The van der Waals surface area contributed by atoms with Gasteiger partial charge in [0.15, 0.2) is 8.24 Å². The topological polar surface area (TPSA) is 74.8 Å². The van der Waals surface area contributed by atoms with Gasteiger partial charge in [0.1, 0.15) is 6.04 Å². The van der Waals surface area contributed by atoms with Crippen LogP contribution >= 0.6 is 0 Å². The molecular formula is C16H18N2O4Si. The number of hydrogen-bond acceptors (Lipinski definition) is 4. The van der Waals surface area contributed by atoms with Gasteiger partial charge in [0.25, 0.3) is 11.8 Å². The number of carbonyl (C=O) groups is 4. The van der Waals surface area contributed by atoms with E-state index in [-0.39, 0.29) is 18.7 Å². The quantitative estimate of drug-likeness (QED) is 0.610. The highest BCUT2D eigenvalue weighted by molar-refractivity contribution is 6.78. The Morgan fingerprint density at radius 2 is 1.48 bits per heavy atom. The third-order valence-corrected chi connectivity index (χ3v) is 6.01. The van der Waals surface area contributed by atoms with E-state index in [2.05, 4.69) is 0 Å². The fourth-order valence-corrected chi connectivity index (χ4v) is 4.87. The molecule has 1 aromatic carbocycles. The lowest BCUT2D eigenvalue weighted by Crippen LogP contribution is -2.63. The van der Waals surface area contributed by atoms with Gasteiger partial charge in [-0.25, -0.2) is 0 Å². The van der Waals surface area contributed by atoms with Crippen molar-refractivity contribution in [2.45, 2.75) is 38.5 Å². The molecule has 0 saturated carbocycles. The minimum absolute atomic E-state index is 0.175. The minimum Gasteiger partial charge on any atom is -0.310 e. The summed E-state index contributed by atoms with van der Waals surface area (Å²) in [7, 11) is -2.21. The molecule has 1 atom stereocenters. The molecule has 0 radical (unpaired) electrons. The lowest BCUT2D eigenvalue weighted by Gasteiger charge is -2.40. The number of piperidine rings is 1. The van der Waals surface area contributed by atoms with Crippen molar-refractivity contribution in [1.82, 2.24) is 9.47 Å². The summed E-state index contributed by atoms with van der Waals surface area (Å²) < 4.78 is 1.31. The SMILES string of the molecule is C[Si](C)(C)N1C(=O)CCC(N2C(=O)c3ccccc3C2=O)C1=O. The van der Waals surface area contributed by atoms with Crippen LogP contribution in [0.5, 0.6) is 0 Å². The summed E-state index contributed by atoms with van der Waals surface area (Å²) in [6.45, 7) is 5.69. The van der Waals surface area contributed by atoms with Gasteiger partial charge in [-0.2, -0.15) is 0 Å². The maximum atomic E-state index is 12.8. The van der Waals surface area contributed by atoms with Crippen LogP contribution in [0.15, 0.2) is 24.3 Å². The van der Waals surface area contributed by atoms with E-state index in [4.69, 9.17) is 0 Å². The van der Waals surface area contributed by atoms with Crippen LogP contribution in [-0.2, 0) is 9.59 Å². The number of benzene rings is 1. The Hall–Kier alpha value is -2.28. The zero-order valence-corrected chi connectivity index (χ0v) is 14.3. The molecule has 4 amide bonds. The van der Waals surface area contributed by atoms with E-state index in [1.807, 2.05) is 19.6 Å². The summed E-state index contributed by atoms with van der Waals surface area (Å²) in [5, 5.41) is 0. The molecule has 7 heteroatoms. The molecule has 0 spiro atoms. The standard InChI is InChI=1S/C16H18N2O4Si/c1-23(2,3)18-13(19)9-8-12(16(18)22)17-14(20)10-6-4-5-7-11(10)15(17)21/h4-7,12H,8-9H2,1-3H3. The van der Waals surface area contributed by atoms with Crippen molar-refractivity contribution in [1.29, 1.82) is 0 Å². The molecule has 3 rings (SSSR count). The van der Waals surface area contributed by atoms with Crippen LogP contribution < -0.4 is 0 Å². The molecule has 2 heterocycles. The lowest BCUT2D eigenvalue weighted by atomic mass is 10.0. The van der Waals surface area contributed by atoms with Crippen LogP contribution in [0.2, 0.25) is 19.6 Å². The normalized spacial score (nSPS) is 22.0. The number of imide groups is 2. The van der Waals surface area contributed by atoms with Gasteiger partial charge in [0.05, 0.1) is 11.1 Å². The molecule has 6 nitrogen and oxygen atoms in total. The Labute approximate surface area is 135 Å². The van der Waals surface area contributed by atoms with Crippen LogP contribution in [0.25, 0.3) is 0 Å². The molecule has 23 heavy (non-hydrogen) atoms. The number of fused-ring (bicyclic) bond motifs is 1. The van der Waals surface area contributed by atoms with Gasteiger partial charge in [-0.05, 0) is 18.6 Å². The highest BCUT2D eigenvalue weighted by Gasteiger charge is 2.49. The van der Waals surface area contributed by atoms with Gasteiger partial charge in [-0.1, -0.05) is 31.8 Å². The van der Waals surface area contributed by atoms with E-state index in [9.17, 15) is 19.2 Å². The Kier molecular flexibility index (Phi) is 3.48. The average Bonchev–Trinajstić information content (AvgIpc) is 2.71. The molecule has 1 unspecified atom stereocenters. The number of carbonyl (C=O) groups excluding carboxylic acids is 4. The van der Waals surface area contributed by atoms with Crippen molar-refractivity contribution < 1.29 is 19.2 Å². The van der Waals surface area contributed by atoms with E-state index >= 15 is 0 Å². The first-order valence-corrected chi connectivity index (χ1v) is 11.0. The van der Waals surface area contributed by atoms with Gasteiger partial charge in [-0.15, -0.1) is 0 Å². The minimum atomic E-state index is -2.21. The monoisotopic (exact) mass is 330 g/mol.